The molecule has 1 N–H and O–H groups in total. The lowest BCUT2D eigenvalue weighted by Crippen LogP contribution is -2.29. The second-order valence-electron chi connectivity index (χ2n) is 6.70. The number of aliphatic hydroxyl groups excluding tert-OH is 1. The van der Waals surface area contributed by atoms with Crippen molar-refractivity contribution < 1.29 is 23.7 Å². The van der Waals surface area contributed by atoms with Crippen LogP contribution in [0.5, 0.6) is 17.4 Å². The van der Waals surface area contributed by atoms with E-state index in [-0.39, 0.29) is 11.6 Å². The van der Waals surface area contributed by atoms with Crippen LogP contribution >= 0.6 is 0 Å². The summed E-state index contributed by atoms with van der Waals surface area (Å²) in [5.74, 6) is 1.11. The normalized spacial score (nSPS) is 11.9. The number of benzene rings is 2. The first-order chi connectivity index (χ1) is 14.5. The van der Waals surface area contributed by atoms with Gasteiger partial charge in [0.1, 0.15) is 23.0 Å². The molecule has 0 unspecified atom stereocenters. The lowest BCUT2D eigenvalue weighted by Gasteiger charge is -2.28. The molecule has 30 heavy (non-hydrogen) atoms. The van der Waals surface area contributed by atoms with E-state index in [4.69, 9.17) is 14.2 Å². The summed E-state index contributed by atoms with van der Waals surface area (Å²) < 4.78 is 29.9. The Morgan fingerprint density at radius 2 is 1.30 bits per heavy atom. The topological polar surface area (TPSA) is 64.1 Å². The first-order valence-corrected chi connectivity index (χ1v) is 9.42. The van der Waals surface area contributed by atoms with Gasteiger partial charge in [0.25, 0.3) is 0 Å². The van der Waals surface area contributed by atoms with Crippen LogP contribution in [0.15, 0.2) is 60.7 Å². The number of nitrogens with zero attached hydrogens (tertiary/aromatic N) is 2. The smallest absolute Gasteiger partial charge is 0.213 e. The minimum Gasteiger partial charge on any atom is -0.497 e. The van der Waals surface area contributed by atoms with Gasteiger partial charge < -0.3 is 19.3 Å². The Balaban J connectivity index is 1.90. The minimum absolute atomic E-state index is 0.0867. The summed E-state index contributed by atoms with van der Waals surface area (Å²) in [5.41, 5.74) is 1.79. The van der Waals surface area contributed by atoms with Crippen LogP contribution in [0.25, 0.3) is 0 Å². The van der Waals surface area contributed by atoms with E-state index in [1.807, 2.05) is 48.5 Å². The molecule has 3 rings (SSSR count). The molecule has 0 saturated heterocycles. The average Bonchev–Trinajstić information content (AvgIpc) is 2.79. The molecule has 0 radical (unpaired) electrons. The van der Waals surface area contributed by atoms with Crippen LogP contribution in [-0.4, -0.2) is 36.3 Å². The Morgan fingerprint density at radius 1 is 0.800 bits per heavy atom. The largest absolute Gasteiger partial charge is 0.497 e. The SMILES string of the molecule is COc1ccc(CN(Cc2ccc(OC)cc2)[C@H](O)c2nc(OC)ccc2F)cc1. The second kappa shape index (κ2) is 10.0. The Morgan fingerprint density at radius 3 is 1.73 bits per heavy atom. The molecule has 0 bridgehead atoms. The van der Waals surface area contributed by atoms with Gasteiger partial charge in [-0.15, -0.1) is 0 Å². The summed E-state index contributed by atoms with van der Waals surface area (Å²) in [7, 11) is 4.65. The lowest BCUT2D eigenvalue weighted by molar-refractivity contribution is -0.0167. The van der Waals surface area contributed by atoms with Gasteiger partial charge in [0.05, 0.1) is 21.3 Å². The third kappa shape index (κ3) is 5.25. The number of ether oxygens (including phenoxy) is 3. The Labute approximate surface area is 175 Å². The first kappa shape index (κ1) is 21.5. The fourth-order valence-electron chi connectivity index (χ4n) is 3.07. The van der Waals surface area contributed by atoms with Crippen LogP contribution < -0.4 is 14.2 Å². The molecule has 1 atom stereocenters. The van der Waals surface area contributed by atoms with Gasteiger partial charge >= 0.3 is 0 Å². The Bertz CT molecular complexity index is 899. The van der Waals surface area contributed by atoms with Crippen LogP contribution in [0.3, 0.4) is 0 Å². The Hall–Kier alpha value is -3.16. The van der Waals surface area contributed by atoms with Crippen molar-refractivity contribution in [3.05, 3.63) is 83.3 Å². The molecule has 158 valence electrons. The van der Waals surface area contributed by atoms with E-state index in [9.17, 15) is 9.50 Å². The summed E-state index contributed by atoms with van der Waals surface area (Å²) in [5, 5.41) is 11.0. The van der Waals surface area contributed by atoms with Gasteiger partial charge in [-0.2, -0.15) is 0 Å². The van der Waals surface area contributed by atoms with Crippen LogP contribution in [0, 0.1) is 5.82 Å². The maximum absolute atomic E-state index is 14.5. The predicted octanol–water partition coefficient (Wildman–Crippen LogP) is 3.94. The molecule has 0 saturated carbocycles. The number of hydrogen-bond donors (Lipinski definition) is 1. The van der Waals surface area contributed by atoms with Crippen molar-refractivity contribution in [1.29, 1.82) is 0 Å². The number of aliphatic hydroxyl groups is 1. The molecule has 0 aliphatic rings. The van der Waals surface area contributed by atoms with Crippen molar-refractivity contribution in [3.63, 3.8) is 0 Å². The Kier molecular flexibility index (Phi) is 7.21. The highest BCUT2D eigenvalue weighted by Crippen LogP contribution is 2.26. The molecule has 1 heterocycles. The van der Waals surface area contributed by atoms with Crippen LogP contribution in [0.4, 0.5) is 4.39 Å². The quantitative estimate of drug-likeness (QED) is 0.537. The molecular formula is C23H25FN2O4. The molecule has 0 spiro atoms. The fraction of sp³-hybridized carbons (Fsp3) is 0.261. The van der Waals surface area contributed by atoms with Gasteiger partial charge in [0.2, 0.25) is 5.88 Å². The van der Waals surface area contributed by atoms with Gasteiger partial charge in [-0.25, -0.2) is 9.37 Å². The number of halogens is 1. The van der Waals surface area contributed by atoms with Crippen molar-refractivity contribution in [2.24, 2.45) is 0 Å². The first-order valence-electron chi connectivity index (χ1n) is 9.42. The summed E-state index contributed by atoms with van der Waals surface area (Å²) in [6.07, 6.45) is -1.27. The maximum atomic E-state index is 14.5. The molecule has 2 aromatic carbocycles. The molecule has 1 aromatic heterocycles. The van der Waals surface area contributed by atoms with Gasteiger partial charge in [0.15, 0.2) is 6.23 Å². The van der Waals surface area contributed by atoms with Crippen LogP contribution in [0.2, 0.25) is 0 Å². The highest BCUT2D eigenvalue weighted by atomic mass is 19.1. The minimum atomic E-state index is -1.27. The lowest BCUT2D eigenvalue weighted by atomic mass is 10.1. The van der Waals surface area contributed by atoms with Gasteiger partial charge in [-0.1, -0.05) is 24.3 Å². The van der Waals surface area contributed by atoms with Gasteiger partial charge in [-0.05, 0) is 41.5 Å². The monoisotopic (exact) mass is 412 g/mol. The number of aromatic nitrogens is 1. The maximum Gasteiger partial charge on any atom is 0.213 e. The zero-order chi connectivity index (χ0) is 21.5. The highest BCUT2D eigenvalue weighted by molar-refractivity contribution is 5.29. The van der Waals surface area contributed by atoms with E-state index < -0.39 is 12.0 Å². The number of pyridine rings is 1. The average molecular weight is 412 g/mol. The predicted molar refractivity (Wildman–Crippen MR) is 111 cm³/mol. The fourth-order valence-corrected chi connectivity index (χ4v) is 3.07. The molecule has 7 heteroatoms. The zero-order valence-corrected chi connectivity index (χ0v) is 17.2. The number of hydrogen-bond acceptors (Lipinski definition) is 6. The third-order valence-electron chi connectivity index (χ3n) is 4.74. The van der Waals surface area contributed by atoms with Crippen molar-refractivity contribution in [2.75, 3.05) is 21.3 Å². The van der Waals surface area contributed by atoms with Crippen molar-refractivity contribution >= 4 is 0 Å². The summed E-state index contributed by atoms with van der Waals surface area (Å²) in [4.78, 5) is 5.85. The van der Waals surface area contributed by atoms with E-state index in [1.54, 1.807) is 19.1 Å². The van der Waals surface area contributed by atoms with E-state index in [2.05, 4.69) is 4.98 Å². The molecule has 0 aliphatic heterocycles. The van der Waals surface area contributed by atoms with E-state index in [0.29, 0.717) is 13.1 Å². The standard InChI is InChI=1S/C23H25FN2O4/c1-28-18-8-4-16(5-9-18)14-26(15-17-6-10-19(29-2)11-7-17)23(27)22-20(24)12-13-21(25-22)30-3/h4-13,23,27H,14-15H2,1-3H3/t23-/m1/s1. The number of methoxy groups -OCH3 is 3. The van der Waals surface area contributed by atoms with Crippen LogP contribution in [-0.2, 0) is 13.1 Å². The van der Waals surface area contributed by atoms with Crippen LogP contribution in [0.1, 0.15) is 23.0 Å². The van der Waals surface area contributed by atoms with E-state index in [1.165, 1.54) is 19.2 Å². The second-order valence-corrected chi connectivity index (χ2v) is 6.70. The molecule has 0 fully saturated rings. The van der Waals surface area contributed by atoms with Crippen molar-refractivity contribution in [3.8, 4) is 17.4 Å². The third-order valence-corrected chi connectivity index (χ3v) is 4.74. The molecule has 0 aliphatic carbocycles. The molecule has 3 aromatic rings. The van der Waals surface area contributed by atoms with Crippen molar-refractivity contribution in [2.45, 2.75) is 19.3 Å². The zero-order valence-electron chi connectivity index (χ0n) is 17.2. The molecule has 6 nitrogen and oxygen atoms in total. The summed E-state index contributed by atoms with van der Waals surface area (Å²) >= 11 is 0. The summed E-state index contributed by atoms with van der Waals surface area (Å²) in [6.45, 7) is 0.741. The van der Waals surface area contributed by atoms with E-state index >= 15 is 0 Å². The van der Waals surface area contributed by atoms with Gasteiger partial charge in [-0.3, -0.25) is 4.90 Å². The number of rotatable bonds is 9. The van der Waals surface area contributed by atoms with Crippen molar-refractivity contribution in [1.82, 2.24) is 9.88 Å². The molecular weight excluding hydrogens is 387 g/mol. The molecule has 0 amide bonds. The summed E-state index contributed by atoms with van der Waals surface area (Å²) in [6, 6.07) is 17.7. The van der Waals surface area contributed by atoms with Gasteiger partial charge in [0, 0.05) is 19.2 Å². The van der Waals surface area contributed by atoms with E-state index in [0.717, 1.165) is 22.6 Å². The highest BCUT2D eigenvalue weighted by Gasteiger charge is 2.24.